The third-order valence-electron chi connectivity index (χ3n) is 3.98. The van der Waals surface area contributed by atoms with Gasteiger partial charge in [0.05, 0.1) is 5.52 Å². The number of aromatic carboxylic acids is 1. The lowest BCUT2D eigenvalue weighted by molar-refractivity contribution is -0.155. The van der Waals surface area contributed by atoms with Crippen molar-refractivity contribution < 1.29 is 19.4 Å². The van der Waals surface area contributed by atoms with Crippen molar-refractivity contribution in [3.05, 3.63) is 64.7 Å². The first kappa shape index (κ1) is 19.3. The lowest BCUT2D eigenvalue weighted by atomic mass is 10.0. The van der Waals surface area contributed by atoms with Gasteiger partial charge in [0.25, 0.3) is 5.56 Å². The zero-order valence-corrected chi connectivity index (χ0v) is 15.8. The van der Waals surface area contributed by atoms with Gasteiger partial charge in [-0.15, -0.1) is 0 Å². The summed E-state index contributed by atoms with van der Waals surface area (Å²) in [5, 5.41) is 10.3. The van der Waals surface area contributed by atoms with Gasteiger partial charge >= 0.3 is 11.9 Å². The van der Waals surface area contributed by atoms with Crippen molar-refractivity contribution in [2.75, 3.05) is 0 Å². The summed E-state index contributed by atoms with van der Waals surface area (Å²) in [4.78, 5) is 40.7. The molecule has 0 bridgehead atoms. The molecular formula is C21H20N2O5. The van der Waals surface area contributed by atoms with Crippen LogP contribution < -0.4 is 5.56 Å². The molecule has 0 aliphatic carbocycles. The standard InChI is InChI=1S/C21H20N2O5/c1-21(2,3)28-17(24)12-23-11-14(10-16(19(23)25)20(26)27)15-8-4-6-13-7-5-9-22-18(13)15/h4-11H,12H2,1-3H3,(H,26,27). The van der Waals surface area contributed by atoms with Crippen molar-refractivity contribution in [1.82, 2.24) is 9.55 Å². The van der Waals surface area contributed by atoms with Crippen LogP contribution in [0, 0.1) is 0 Å². The molecule has 0 spiro atoms. The molecule has 0 saturated carbocycles. The van der Waals surface area contributed by atoms with E-state index in [1.807, 2.05) is 18.2 Å². The molecule has 3 rings (SSSR count). The molecule has 1 aromatic carbocycles. The van der Waals surface area contributed by atoms with Gasteiger partial charge < -0.3 is 14.4 Å². The predicted molar refractivity (Wildman–Crippen MR) is 104 cm³/mol. The number of aromatic nitrogens is 2. The van der Waals surface area contributed by atoms with E-state index < -0.39 is 28.7 Å². The Morgan fingerprint density at radius 1 is 1.18 bits per heavy atom. The van der Waals surface area contributed by atoms with Crippen LogP contribution >= 0.6 is 0 Å². The summed E-state index contributed by atoms with van der Waals surface area (Å²) in [7, 11) is 0. The van der Waals surface area contributed by atoms with E-state index in [0.29, 0.717) is 16.6 Å². The minimum absolute atomic E-state index is 0.386. The number of benzene rings is 1. The molecule has 0 fully saturated rings. The number of hydrogen-bond acceptors (Lipinski definition) is 5. The molecule has 2 heterocycles. The monoisotopic (exact) mass is 380 g/mol. The van der Waals surface area contributed by atoms with Crippen LogP contribution in [0.25, 0.3) is 22.0 Å². The molecule has 0 aliphatic heterocycles. The fraction of sp³-hybridized carbons (Fsp3) is 0.238. The van der Waals surface area contributed by atoms with Crippen molar-refractivity contribution in [3.63, 3.8) is 0 Å². The molecular weight excluding hydrogens is 360 g/mol. The topological polar surface area (TPSA) is 98.5 Å². The highest BCUT2D eigenvalue weighted by molar-refractivity contribution is 5.95. The van der Waals surface area contributed by atoms with Gasteiger partial charge in [-0.1, -0.05) is 24.3 Å². The molecule has 144 valence electrons. The van der Waals surface area contributed by atoms with Gasteiger partial charge in [-0.05, 0) is 32.9 Å². The number of para-hydroxylation sites is 1. The SMILES string of the molecule is CC(C)(C)OC(=O)Cn1cc(-c2cccc3cccnc23)cc(C(=O)O)c1=O. The normalized spacial score (nSPS) is 11.4. The molecule has 28 heavy (non-hydrogen) atoms. The highest BCUT2D eigenvalue weighted by Gasteiger charge is 2.20. The Labute approximate surface area is 161 Å². The number of ether oxygens (including phenoxy) is 1. The second-order valence-electron chi connectivity index (χ2n) is 7.35. The van der Waals surface area contributed by atoms with Crippen LogP contribution in [0.15, 0.2) is 53.6 Å². The van der Waals surface area contributed by atoms with E-state index in [2.05, 4.69) is 4.98 Å². The first-order chi connectivity index (χ1) is 13.2. The van der Waals surface area contributed by atoms with Crippen LogP contribution in [-0.2, 0) is 16.1 Å². The van der Waals surface area contributed by atoms with Crippen LogP contribution in [-0.4, -0.2) is 32.2 Å². The highest BCUT2D eigenvalue weighted by atomic mass is 16.6. The molecule has 0 atom stereocenters. The van der Waals surface area contributed by atoms with Crippen molar-refractivity contribution in [2.45, 2.75) is 32.9 Å². The predicted octanol–water partition coefficient (Wildman–Crippen LogP) is 3.10. The van der Waals surface area contributed by atoms with Crippen LogP contribution in [0.2, 0.25) is 0 Å². The summed E-state index contributed by atoms with van der Waals surface area (Å²) in [6, 6.07) is 10.5. The van der Waals surface area contributed by atoms with Crippen LogP contribution in [0.1, 0.15) is 31.1 Å². The van der Waals surface area contributed by atoms with Gasteiger partial charge in [-0.2, -0.15) is 0 Å². The second-order valence-corrected chi connectivity index (χ2v) is 7.35. The van der Waals surface area contributed by atoms with Gasteiger partial charge in [0.15, 0.2) is 0 Å². The van der Waals surface area contributed by atoms with Crippen molar-refractivity contribution in [2.24, 2.45) is 0 Å². The average Bonchev–Trinajstić information content (AvgIpc) is 2.61. The molecule has 7 nitrogen and oxygen atoms in total. The summed E-state index contributed by atoms with van der Waals surface area (Å²) in [5.74, 6) is -1.99. The zero-order chi connectivity index (χ0) is 20.5. The lowest BCUT2D eigenvalue weighted by Crippen LogP contribution is -2.32. The fourth-order valence-corrected chi connectivity index (χ4v) is 2.90. The summed E-state index contributed by atoms with van der Waals surface area (Å²) in [6.45, 7) is 4.76. The van der Waals surface area contributed by atoms with E-state index in [1.54, 1.807) is 39.1 Å². The molecule has 3 aromatic rings. The molecule has 0 saturated heterocycles. The number of carboxylic acid groups (broad SMARTS) is 1. The maximum absolute atomic E-state index is 12.5. The molecule has 0 unspecified atom stereocenters. The number of pyridine rings is 2. The van der Waals surface area contributed by atoms with E-state index in [-0.39, 0.29) is 6.54 Å². The third kappa shape index (κ3) is 4.09. The Bertz CT molecular complexity index is 1120. The maximum atomic E-state index is 12.5. The first-order valence-corrected chi connectivity index (χ1v) is 8.69. The number of hydrogen-bond donors (Lipinski definition) is 1. The van der Waals surface area contributed by atoms with Crippen LogP contribution in [0.3, 0.4) is 0 Å². The van der Waals surface area contributed by atoms with E-state index in [0.717, 1.165) is 9.95 Å². The quantitative estimate of drug-likeness (QED) is 0.699. The zero-order valence-electron chi connectivity index (χ0n) is 15.8. The Hall–Kier alpha value is -3.48. The van der Waals surface area contributed by atoms with Gasteiger partial charge in [0.1, 0.15) is 17.7 Å². The molecule has 0 amide bonds. The van der Waals surface area contributed by atoms with Crippen molar-refractivity contribution >= 4 is 22.8 Å². The number of fused-ring (bicyclic) bond motifs is 1. The lowest BCUT2D eigenvalue weighted by Gasteiger charge is -2.20. The molecule has 0 aliphatic rings. The van der Waals surface area contributed by atoms with E-state index in [1.165, 1.54) is 12.3 Å². The Kier molecular flexibility index (Phi) is 5.00. The van der Waals surface area contributed by atoms with Gasteiger partial charge in [0, 0.05) is 28.9 Å². The fourth-order valence-electron chi connectivity index (χ4n) is 2.90. The van der Waals surface area contributed by atoms with E-state index >= 15 is 0 Å². The summed E-state index contributed by atoms with van der Waals surface area (Å²) < 4.78 is 6.32. The average molecular weight is 380 g/mol. The summed E-state index contributed by atoms with van der Waals surface area (Å²) >= 11 is 0. The Morgan fingerprint density at radius 3 is 2.57 bits per heavy atom. The number of nitrogens with zero attached hydrogens (tertiary/aromatic N) is 2. The highest BCUT2D eigenvalue weighted by Crippen LogP contribution is 2.27. The minimum Gasteiger partial charge on any atom is -0.477 e. The maximum Gasteiger partial charge on any atom is 0.341 e. The van der Waals surface area contributed by atoms with Crippen molar-refractivity contribution in [1.29, 1.82) is 0 Å². The first-order valence-electron chi connectivity index (χ1n) is 8.69. The minimum atomic E-state index is -1.36. The number of carboxylic acids is 1. The summed E-state index contributed by atoms with van der Waals surface area (Å²) in [5.41, 5.74) is -0.0930. The number of rotatable bonds is 4. The molecule has 0 radical (unpaired) electrons. The largest absolute Gasteiger partial charge is 0.477 e. The molecule has 2 aromatic heterocycles. The van der Waals surface area contributed by atoms with Crippen molar-refractivity contribution in [3.8, 4) is 11.1 Å². The van der Waals surface area contributed by atoms with Gasteiger partial charge in [-0.3, -0.25) is 14.6 Å². The number of carbonyl (C=O) groups excluding carboxylic acids is 1. The van der Waals surface area contributed by atoms with E-state index in [4.69, 9.17) is 4.74 Å². The van der Waals surface area contributed by atoms with Crippen LogP contribution in [0.5, 0.6) is 0 Å². The van der Waals surface area contributed by atoms with Gasteiger partial charge in [-0.25, -0.2) is 4.79 Å². The summed E-state index contributed by atoms with van der Waals surface area (Å²) in [6.07, 6.45) is 3.10. The Balaban J connectivity index is 2.15. The molecule has 7 heteroatoms. The molecule has 1 N–H and O–H groups in total. The van der Waals surface area contributed by atoms with Gasteiger partial charge in [0.2, 0.25) is 0 Å². The second kappa shape index (κ2) is 7.26. The number of esters is 1. The third-order valence-corrected chi connectivity index (χ3v) is 3.98. The van der Waals surface area contributed by atoms with Crippen LogP contribution in [0.4, 0.5) is 0 Å². The number of carbonyl (C=O) groups is 2. The van der Waals surface area contributed by atoms with E-state index in [9.17, 15) is 19.5 Å². The smallest absolute Gasteiger partial charge is 0.341 e. The Morgan fingerprint density at radius 2 is 1.89 bits per heavy atom.